The van der Waals surface area contributed by atoms with Crippen LogP contribution in [0, 0.1) is 5.92 Å². The zero-order chi connectivity index (χ0) is 22.4. The van der Waals surface area contributed by atoms with Gasteiger partial charge in [0.2, 0.25) is 0 Å². The Morgan fingerprint density at radius 3 is 2.06 bits per heavy atom. The monoisotopic (exact) mass is 594 g/mol. The third-order valence-corrected chi connectivity index (χ3v) is 26.5. The first-order chi connectivity index (χ1) is 14.8. The standard InChI is InChI=1S/C17H14Cl.C9H13.C2H6Si.2ClH.Zr/c1-2-12-11-15-14(9-6-10-16(15)18)17(12)13-7-4-3-5-8-13;1-6-5-7(2)9(4)8(6)3;1-3-2;;;/h3-11H,2H2,1H3;6H,1-4H3;1-2H3;2*1H;. The molecule has 5 heteroatoms. The fourth-order valence-electron chi connectivity index (χ4n) is 5.70. The van der Waals surface area contributed by atoms with Crippen LogP contribution in [-0.4, -0.2) is 5.43 Å². The van der Waals surface area contributed by atoms with E-state index in [0.717, 1.165) is 11.4 Å². The van der Waals surface area contributed by atoms with Gasteiger partial charge in [-0.3, -0.25) is 0 Å². The molecule has 4 rings (SSSR count). The van der Waals surface area contributed by atoms with E-state index in [0.29, 0.717) is 9.54 Å². The summed E-state index contributed by atoms with van der Waals surface area (Å²) in [7, 11) is 0. The van der Waals surface area contributed by atoms with Gasteiger partial charge in [-0.1, -0.05) is 0 Å². The Morgan fingerprint density at radius 1 is 0.909 bits per heavy atom. The molecule has 0 fully saturated rings. The summed E-state index contributed by atoms with van der Waals surface area (Å²) in [5, 5.41) is 0.978. The van der Waals surface area contributed by atoms with Crippen molar-refractivity contribution in [2.45, 2.75) is 57.8 Å². The van der Waals surface area contributed by atoms with Crippen LogP contribution < -0.4 is 0 Å². The minimum Gasteiger partial charge on any atom is -0.147 e. The molecule has 2 unspecified atom stereocenters. The van der Waals surface area contributed by atoms with Crippen molar-refractivity contribution in [2.75, 3.05) is 0 Å². The average molecular weight is 597 g/mol. The van der Waals surface area contributed by atoms with E-state index < -0.39 is 25.8 Å². The van der Waals surface area contributed by atoms with Crippen LogP contribution in [0.1, 0.15) is 61.4 Å². The summed E-state index contributed by atoms with van der Waals surface area (Å²) in [6.07, 6.45) is 1.10. The van der Waals surface area contributed by atoms with Gasteiger partial charge >= 0.3 is 202 Å². The van der Waals surface area contributed by atoms with Crippen LogP contribution >= 0.6 is 36.4 Å². The third kappa shape index (κ3) is 4.85. The van der Waals surface area contributed by atoms with Gasteiger partial charge < -0.3 is 0 Å². The maximum absolute atomic E-state index is 7.01. The molecule has 2 aromatic rings. The smallest absolute Gasteiger partial charge is 0.147 e. The summed E-state index contributed by atoms with van der Waals surface area (Å²) in [4.78, 5) is 0. The van der Waals surface area contributed by atoms with Crippen molar-refractivity contribution < 1.29 is 20.4 Å². The van der Waals surface area contributed by atoms with Crippen molar-refractivity contribution >= 4 is 47.4 Å². The Balaban J connectivity index is 0.00000193. The zero-order valence-electron chi connectivity index (χ0n) is 20.7. The summed E-state index contributed by atoms with van der Waals surface area (Å²) < 4.78 is 2.44. The topological polar surface area (TPSA) is 0 Å². The fourth-order valence-corrected chi connectivity index (χ4v) is 26.9. The SMILES string of the molecule is CCC1=C(c2ccccc2)c2cccc(Cl)c2[CH]1[Zr]([C]1=C(C)C(C)=C(C)C1C)=[Si](C)C.Cl.Cl. The number of hydrogen-bond donors (Lipinski definition) is 0. The van der Waals surface area contributed by atoms with Gasteiger partial charge in [-0.2, -0.15) is 0 Å². The Bertz CT molecular complexity index is 1180. The van der Waals surface area contributed by atoms with Crippen molar-refractivity contribution in [1.82, 2.24) is 0 Å². The Morgan fingerprint density at radius 2 is 1.55 bits per heavy atom. The first-order valence-corrected chi connectivity index (χ1v) is 20.6. The summed E-state index contributed by atoms with van der Waals surface area (Å²) >= 11 is 4.93. The minimum absolute atomic E-state index is 0. The number of fused-ring (bicyclic) bond motifs is 1. The summed E-state index contributed by atoms with van der Waals surface area (Å²) in [6.45, 7) is 17.1. The van der Waals surface area contributed by atoms with Gasteiger partial charge in [0.15, 0.2) is 0 Å². The van der Waals surface area contributed by atoms with Crippen LogP contribution in [0.3, 0.4) is 0 Å². The van der Waals surface area contributed by atoms with E-state index in [4.69, 9.17) is 11.6 Å². The Hall–Kier alpha value is -0.370. The normalized spacial score (nSPS) is 19.4. The van der Waals surface area contributed by atoms with E-state index in [1.165, 1.54) is 22.3 Å². The molecule has 0 bridgehead atoms. The van der Waals surface area contributed by atoms with Gasteiger partial charge in [0.25, 0.3) is 0 Å². The van der Waals surface area contributed by atoms with Crippen molar-refractivity contribution in [3.63, 3.8) is 0 Å². The molecular weight excluding hydrogens is 562 g/mol. The molecule has 2 aliphatic carbocycles. The summed E-state index contributed by atoms with van der Waals surface area (Å²) in [5.41, 5.74) is 11.6. The van der Waals surface area contributed by atoms with Crippen LogP contribution in [0.2, 0.25) is 18.1 Å². The first kappa shape index (κ1) is 28.9. The van der Waals surface area contributed by atoms with E-state index in [-0.39, 0.29) is 24.8 Å². The number of hydrogen-bond acceptors (Lipinski definition) is 0. The molecule has 2 aromatic carbocycles. The molecule has 0 saturated heterocycles. The van der Waals surface area contributed by atoms with E-state index in [9.17, 15) is 0 Å². The molecule has 0 aliphatic heterocycles. The third-order valence-electron chi connectivity index (χ3n) is 7.48. The molecule has 0 amide bonds. The van der Waals surface area contributed by atoms with Gasteiger partial charge in [0, 0.05) is 0 Å². The van der Waals surface area contributed by atoms with E-state index in [1.54, 1.807) is 22.3 Å². The summed E-state index contributed by atoms with van der Waals surface area (Å²) in [6, 6.07) is 17.6. The maximum atomic E-state index is 7.01. The molecule has 0 saturated carbocycles. The molecule has 0 aromatic heterocycles. The predicted octanol–water partition coefficient (Wildman–Crippen LogP) is 9.58. The van der Waals surface area contributed by atoms with E-state index in [2.05, 4.69) is 96.2 Å². The molecule has 33 heavy (non-hydrogen) atoms. The van der Waals surface area contributed by atoms with E-state index >= 15 is 0 Å². The molecule has 2 atom stereocenters. The number of benzene rings is 2. The van der Waals surface area contributed by atoms with Crippen LogP contribution in [0.5, 0.6) is 0 Å². The molecule has 0 radical (unpaired) electrons. The maximum Gasteiger partial charge on any atom is -0.147 e. The molecule has 2 aliphatic rings. The first-order valence-electron chi connectivity index (χ1n) is 11.4. The van der Waals surface area contributed by atoms with Gasteiger partial charge in [0.05, 0.1) is 0 Å². The number of rotatable bonds is 4. The largest absolute Gasteiger partial charge is 0.147 e. The molecule has 0 spiro atoms. The zero-order valence-corrected chi connectivity index (χ0v) is 26.5. The van der Waals surface area contributed by atoms with Gasteiger partial charge in [-0.25, -0.2) is 0 Å². The number of allylic oxidation sites excluding steroid dienone is 5. The second kappa shape index (κ2) is 11.6. The van der Waals surface area contributed by atoms with Gasteiger partial charge in [0.1, 0.15) is 0 Å². The molecule has 0 heterocycles. The Kier molecular flexibility index (Phi) is 10.1. The molecule has 0 N–H and O–H groups in total. The summed E-state index contributed by atoms with van der Waals surface area (Å²) in [5.74, 6) is 0.610. The van der Waals surface area contributed by atoms with Crippen LogP contribution in [-0.2, 0) is 20.4 Å². The van der Waals surface area contributed by atoms with Crippen molar-refractivity contribution in [3.8, 4) is 0 Å². The van der Waals surface area contributed by atoms with Crippen molar-refractivity contribution in [2.24, 2.45) is 5.92 Å². The van der Waals surface area contributed by atoms with Crippen molar-refractivity contribution in [1.29, 1.82) is 0 Å². The van der Waals surface area contributed by atoms with Gasteiger partial charge in [-0.15, -0.1) is 24.8 Å². The minimum atomic E-state index is -2.08. The molecular formula is C28H35Cl3SiZr. The Labute approximate surface area is 225 Å². The number of halogens is 3. The van der Waals surface area contributed by atoms with Crippen molar-refractivity contribution in [3.05, 3.63) is 95.8 Å². The quantitative estimate of drug-likeness (QED) is 0.308. The average Bonchev–Trinajstić information content (AvgIpc) is 3.18. The predicted molar refractivity (Wildman–Crippen MR) is 149 cm³/mol. The van der Waals surface area contributed by atoms with Gasteiger partial charge in [-0.05, 0) is 0 Å². The fraction of sp³-hybridized carbons (Fsp3) is 0.357. The van der Waals surface area contributed by atoms with Crippen LogP contribution in [0.15, 0.2) is 74.1 Å². The molecule has 176 valence electrons. The second-order valence-electron chi connectivity index (χ2n) is 9.24. The second-order valence-corrected chi connectivity index (χ2v) is 27.0. The van der Waals surface area contributed by atoms with E-state index in [1.807, 2.05) is 3.28 Å². The molecule has 0 nitrogen and oxygen atoms in total. The van der Waals surface area contributed by atoms with Crippen LogP contribution in [0.4, 0.5) is 0 Å². The van der Waals surface area contributed by atoms with Crippen LogP contribution in [0.25, 0.3) is 5.57 Å².